The molecule has 0 radical (unpaired) electrons. The highest BCUT2D eigenvalue weighted by Gasteiger charge is 2.27. The van der Waals surface area contributed by atoms with Gasteiger partial charge in [0.25, 0.3) is 0 Å². The SMILES string of the molecule is Cc1cccc(N2CCC(NC(=O)N[C@H](CCO)C(C)(C)C)CC2)n1. The van der Waals surface area contributed by atoms with Gasteiger partial charge in [0, 0.05) is 37.5 Å². The van der Waals surface area contributed by atoms with E-state index in [1.807, 2.05) is 25.1 Å². The normalized spacial score (nSPS) is 17.2. The van der Waals surface area contributed by atoms with E-state index in [0.717, 1.165) is 37.4 Å². The molecule has 1 aliphatic rings. The molecule has 3 N–H and O–H groups in total. The molecule has 0 bridgehead atoms. The highest BCUT2D eigenvalue weighted by atomic mass is 16.3. The third-order valence-electron chi connectivity index (χ3n) is 4.80. The highest BCUT2D eigenvalue weighted by Crippen LogP contribution is 2.22. The Kier molecular flexibility index (Phi) is 6.64. The lowest BCUT2D eigenvalue weighted by Gasteiger charge is -2.35. The minimum atomic E-state index is -0.138. The molecule has 6 nitrogen and oxygen atoms in total. The molecule has 0 aliphatic carbocycles. The van der Waals surface area contributed by atoms with E-state index in [4.69, 9.17) is 0 Å². The smallest absolute Gasteiger partial charge is 0.315 e. The summed E-state index contributed by atoms with van der Waals surface area (Å²) in [4.78, 5) is 19.2. The zero-order valence-electron chi connectivity index (χ0n) is 15.9. The molecule has 2 heterocycles. The van der Waals surface area contributed by atoms with Crippen molar-refractivity contribution < 1.29 is 9.90 Å². The number of nitrogens with one attached hydrogen (secondary N) is 2. The first-order chi connectivity index (χ1) is 11.8. The Balaban J connectivity index is 1.82. The van der Waals surface area contributed by atoms with Crippen LogP contribution < -0.4 is 15.5 Å². The van der Waals surface area contributed by atoms with Crippen LogP contribution in [-0.2, 0) is 0 Å². The van der Waals surface area contributed by atoms with Crippen molar-refractivity contribution in [3.63, 3.8) is 0 Å². The first-order valence-corrected chi connectivity index (χ1v) is 9.16. The Hall–Kier alpha value is -1.82. The number of piperidine rings is 1. The van der Waals surface area contributed by atoms with Crippen LogP contribution in [0.1, 0.15) is 45.7 Å². The molecule has 6 heteroatoms. The molecule has 140 valence electrons. The van der Waals surface area contributed by atoms with Crippen LogP contribution in [0.15, 0.2) is 18.2 Å². The van der Waals surface area contributed by atoms with E-state index in [0.29, 0.717) is 6.42 Å². The number of urea groups is 1. The largest absolute Gasteiger partial charge is 0.396 e. The van der Waals surface area contributed by atoms with Gasteiger partial charge in [0.15, 0.2) is 0 Å². The van der Waals surface area contributed by atoms with Crippen LogP contribution in [0.4, 0.5) is 10.6 Å². The third kappa shape index (κ3) is 5.88. The molecule has 1 aromatic heterocycles. The average Bonchev–Trinajstić information content (AvgIpc) is 2.54. The van der Waals surface area contributed by atoms with E-state index in [9.17, 15) is 9.90 Å². The molecule has 25 heavy (non-hydrogen) atoms. The zero-order valence-corrected chi connectivity index (χ0v) is 15.9. The molecule has 0 aromatic carbocycles. The van der Waals surface area contributed by atoms with Crippen LogP contribution in [0.3, 0.4) is 0 Å². The van der Waals surface area contributed by atoms with E-state index in [-0.39, 0.29) is 30.1 Å². The highest BCUT2D eigenvalue weighted by molar-refractivity contribution is 5.74. The number of aliphatic hydroxyl groups is 1. The fourth-order valence-electron chi connectivity index (χ4n) is 3.19. The van der Waals surface area contributed by atoms with E-state index in [1.165, 1.54) is 0 Å². The Morgan fingerprint density at radius 1 is 1.36 bits per heavy atom. The number of nitrogens with zero attached hydrogens (tertiary/aromatic N) is 2. The molecule has 0 unspecified atom stereocenters. The summed E-state index contributed by atoms with van der Waals surface area (Å²) >= 11 is 0. The lowest BCUT2D eigenvalue weighted by Crippen LogP contribution is -2.53. The first kappa shape index (κ1) is 19.5. The number of amides is 2. The fourth-order valence-corrected chi connectivity index (χ4v) is 3.19. The maximum atomic E-state index is 12.3. The summed E-state index contributed by atoms with van der Waals surface area (Å²) in [6.45, 7) is 10.1. The van der Waals surface area contributed by atoms with Crippen LogP contribution in [0.2, 0.25) is 0 Å². The molecular weight excluding hydrogens is 316 g/mol. The summed E-state index contributed by atoms with van der Waals surface area (Å²) in [5.74, 6) is 1.01. The summed E-state index contributed by atoms with van der Waals surface area (Å²) in [6.07, 6.45) is 2.38. The fraction of sp³-hybridized carbons (Fsp3) is 0.684. The molecule has 1 aromatic rings. The summed E-state index contributed by atoms with van der Waals surface area (Å²) in [5, 5.41) is 15.3. The van der Waals surface area contributed by atoms with Crippen LogP contribution in [0.5, 0.6) is 0 Å². The van der Waals surface area contributed by atoms with Gasteiger partial charge in [0.2, 0.25) is 0 Å². The average molecular weight is 348 g/mol. The van der Waals surface area contributed by atoms with Crippen molar-refractivity contribution >= 4 is 11.8 Å². The lowest BCUT2D eigenvalue weighted by molar-refractivity contribution is 0.186. The Labute approximate surface area is 151 Å². The van der Waals surface area contributed by atoms with E-state index in [2.05, 4.69) is 41.3 Å². The number of carbonyl (C=O) groups excluding carboxylic acids is 1. The maximum Gasteiger partial charge on any atom is 0.315 e. The topological polar surface area (TPSA) is 77.5 Å². The number of pyridine rings is 1. The number of aryl methyl sites for hydroxylation is 1. The second-order valence-electron chi connectivity index (χ2n) is 7.95. The number of aromatic nitrogens is 1. The molecule has 2 rings (SSSR count). The second-order valence-corrected chi connectivity index (χ2v) is 7.95. The van der Waals surface area contributed by atoms with Gasteiger partial charge in [-0.25, -0.2) is 9.78 Å². The maximum absolute atomic E-state index is 12.3. The number of hydrogen-bond donors (Lipinski definition) is 3. The summed E-state index contributed by atoms with van der Waals surface area (Å²) < 4.78 is 0. The zero-order chi connectivity index (χ0) is 18.4. The van der Waals surface area contributed by atoms with Crippen LogP contribution in [-0.4, -0.2) is 47.9 Å². The van der Waals surface area contributed by atoms with Crippen molar-refractivity contribution in [3.8, 4) is 0 Å². The predicted molar refractivity (Wildman–Crippen MR) is 101 cm³/mol. The Bertz CT molecular complexity index is 563. The lowest BCUT2D eigenvalue weighted by atomic mass is 9.85. The number of anilines is 1. The van der Waals surface area contributed by atoms with E-state index in [1.54, 1.807) is 0 Å². The van der Waals surface area contributed by atoms with Crippen molar-refractivity contribution in [2.75, 3.05) is 24.6 Å². The van der Waals surface area contributed by atoms with Gasteiger partial charge in [-0.2, -0.15) is 0 Å². The summed E-state index contributed by atoms with van der Waals surface area (Å²) in [5.41, 5.74) is 0.939. The number of carbonyl (C=O) groups is 1. The number of hydrogen-bond acceptors (Lipinski definition) is 4. The molecule has 2 amide bonds. The van der Waals surface area contributed by atoms with Gasteiger partial charge in [-0.1, -0.05) is 26.8 Å². The molecule has 1 fully saturated rings. The monoisotopic (exact) mass is 348 g/mol. The number of rotatable bonds is 5. The van der Waals surface area contributed by atoms with Gasteiger partial charge >= 0.3 is 6.03 Å². The van der Waals surface area contributed by atoms with Crippen molar-refractivity contribution in [2.24, 2.45) is 5.41 Å². The molecule has 1 atom stereocenters. The van der Waals surface area contributed by atoms with Gasteiger partial charge in [0.1, 0.15) is 5.82 Å². The predicted octanol–water partition coefficient (Wildman–Crippen LogP) is 2.46. The standard InChI is InChI=1S/C19H32N4O2/c1-14-6-5-7-17(20-14)23-11-8-15(9-12-23)21-18(25)22-16(10-13-24)19(2,3)4/h5-7,15-16,24H,8-13H2,1-4H3,(H2,21,22,25)/t16-/m1/s1. The van der Waals surface area contributed by atoms with Gasteiger partial charge in [0.05, 0.1) is 0 Å². The van der Waals surface area contributed by atoms with Crippen LogP contribution in [0.25, 0.3) is 0 Å². The summed E-state index contributed by atoms with van der Waals surface area (Å²) in [7, 11) is 0. The van der Waals surface area contributed by atoms with Crippen LogP contribution in [0, 0.1) is 12.3 Å². The van der Waals surface area contributed by atoms with Crippen LogP contribution >= 0.6 is 0 Å². The van der Waals surface area contributed by atoms with Crippen molar-refractivity contribution in [1.29, 1.82) is 0 Å². The Morgan fingerprint density at radius 2 is 2.04 bits per heavy atom. The molecular formula is C19H32N4O2. The Morgan fingerprint density at radius 3 is 2.60 bits per heavy atom. The van der Waals surface area contributed by atoms with E-state index >= 15 is 0 Å². The minimum Gasteiger partial charge on any atom is -0.396 e. The molecule has 1 aliphatic heterocycles. The first-order valence-electron chi connectivity index (χ1n) is 9.16. The van der Waals surface area contributed by atoms with Gasteiger partial charge in [-0.3, -0.25) is 0 Å². The van der Waals surface area contributed by atoms with Gasteiger partial charge < -0.3 is 20.6 Å². The quantitative estimate of drug-likeness (QED) is 0.764. The van der Waals surface area contributed by atoms with Gasteiger partial charge in [-0.15, -0.1) is 0 Å². The summed E-state index contributed by atoms with van der Waals surface area (Å²) in [6, 6.07) is 6.06. The third-order valence-corrected chi connectivity index (χ3v) is 4.80. The molecule has 0 saturated carbocycles. The molecule has 0 spiro atoms. The van der Waals surface area contributed by atoms with Crippen molar-refractivity contribution in [1.82, 2.24) is 15.6 Å². The number of aliphatic hydroxyl groups excluding tert-OH is 1. The van der Waals surface area contributed by atoms with Gasteiger partial charge in [-0.05, 0) is 43.7 Å². The van der Waals surface area contributed by atoms with Crippen molar-refractivity contribution in [2.45, 2.75) is 59.0 Å². The van der Waals surface area contributed by atoms with Crippen molar-refractivity contribution in [3.05, 3.63) is 23.9 Å². The van der Waals surface area contributed by atoms with E-state index < -0.39 is 0 Å². The minimum absolute atomic E-state index is 0.0471. The molecule has 1 saturated heterocycles. The second kappa shape index (κ2) is 8.52.